The molecule has 0 heterocycles. The highest BCUT2D eigenvalue weighted by atomic mass is 16.9. The molecule has 4 nitrogen and oxygen atoms in total. The first-order valence-electron chi connectivity index (χ1n) is 7.56. The number of hydrogen-bond donors (Lipinski definition) is 1. The Balaban J connectivity index is 4.16. The summed E-state index contributed by atoms with van der Waals surface area (Å²) >= 11 is 0. The van der Waals surface area contributed by atoms with Gasteiger partial charge in [-0.15, -0.1) is 0 Å². The lowest BCUT2D eigenvalue weighted by molar-refractivity contribution is -0.380. The van der Waals surface area contributed by atoms with Gasteiger partial charge in [0.25, 0.3) is 5.97 Å². The van der Waals surface area contributed by atoms with Crippen LogP contribution in [0.1, 0.15) is 58.3 Å². The first-order chi connectivity index (χ1) is 9.20. The van der Waals surface area contributed by atoms with Crippen LogP contribution >= 0.6 is 0 Å². The number of unbranched alkanes of at least 4 members (excludes halogenated alkanes) is 5. The standard InChI is InChI=1S/C15H33NO3/c1-5-6-7-8-9-10-11-14(12-13-16)15(17-2,18-3)19-4/h14H,5-13,16H2,1-4H3. The minimum atomic E-state index is -0.942. The van der Waals surface area contributed by atoms with E-state index in [1.54, 1.807) is 21.3 Å². The number of ether oxygens (including phenoxy) is 3. The molecule has 2 N–H and O–H groups in total. The van der Waals surface area contributed by atoms with Crippen LogP contribution in [0.3, 0.4) is 0 Å². The second-order valence-corrected chi connectivity index (χ2v) is 5.05. The summed E-state index contributed by atoms with van der Waals surface area (Å²) in [5.41, 5.74) is 5.69. The van der Waals surface area contributed by atoms with Crippen molar-refractivity contribution in [3.63, 3.8) is 0 Å². The molecule has 0 aliphatic carbocycles. The zero-order valence-electron chi connectivity index (χ0n) is 13.2. The van der Waals surface area contributed by atoms with Crippen molar-refractivity contribution in [1.29, 1.82) is 0 Å². The molecule has 19 heavy (non-hydrogen) atoms. The number of rotatable bonds is 13. The van der Waals surface area contributed by atoms with E-state index in [0.29, 0.717) is 6.54 Å². The molecule has 0 amide bonds. The van der Waals surface area contributed by atoms with Crippen molar-refractivity contribution in [3.8, 4) is 0 Å². The summed E-state index contributed by atoms with van der Waals surface area (Å²) in [7, 11) is 4.87. The topological polar surface area (TPSA) is 53.7 Å². The Morgan fingerprint density at radius 3 is 1.84 bits per heavy atom. The van der Waals surface area contributed by atoms with Gasteiger partial charge in [-0.1, -0.05) is 45.4 Å². The Bertz CT molecular complexity index is 188. The molecular weight excluding hydrogens is 242 g/mol. The predicted octanol–water partition coefficient (Wildman–Crippen LogP) is 3.30. The highest BCUT2D eigenvalue weighted by Gasteiger charge is 2.38. The van der Waals surface area contributed by atoms with E-state index in [1.807, 2.05) is 0 Å². The molecule has 0 fully saturated rings. The van der Waals surface area contributed by atoms with E-state index in [1.165, 1.54) is 38.5 Å². The van der Waals surface area contributed by atoms with Crippen molar-refractivity contribution < 1.29 is 14.2 Å². The molecule has 0 saturated carbocycles. The summed E-state index contributed by atoms with van der Waals surface area (Å²) in [6.07, 6.45) is 9.58. The Labute approximate surface area is 119 Å². The molecule has 0 spiro atoms. The summed E-state index contributed by atoms with van der Waals surface area (Å²) in [6, 6.07) is 0. The molecule has 4 heteroatoms. The highest BCUT2D eigenvalue weighted by Crippen LogP contribution is 2.30. The fraction of sp³-hybridized carbons (Fsp3) is 1.00. The molecular formula is C15H33NO3. The fourth-order valence-corrected chi connectivity index (χ4v) is 2.62. The minimum absolute atomic E-state index is 0.184. The lowest BCUT2D eigenvalue weighted by Gasteiger charge is -2.36. The van der Waals surface area contributed by atoms with Crippen LogP contribution in [-0.2, 0) is 14.2 Å². The van der Waals surface area contributed by atoms with Crippen molar-refractivity contribution in [1.82, 2.24) is 0 Å². The second-order valence-electron chi connectivity index (χ2n) is 5.05. The lowest BCUT2D eigenvalue weighted by atomic mass is 9.94. The van der Waals surface area contributed by atoms with Crippen LogP contribution in [0.5, 0.6) is 0 Å². The van der Waals surface area contributed by atoms with Gasteiger partial charge in [-0.05, 0) is 19.4 Å². The van der Waals surface area contributed by atoms with E-state index < -0.39 is 5.97 Å². The summed E-state index contributed by atoms with van der Waals surface area (Å²) in [5, 5.41) is 0. The molecule has 116 valence electrons. The Hall–Kier alpha value is -0.160. The van der Waals surface area contributed by atoms with Crippen molar-refractivity contribution in [2.75, 3.05) is 27.9 Å². The molecule has 1 atom stereocenters. The van der Waals surface area contributed by atoms with E-state index in [2.05, 4.69) is 6.92 Å². The molecule has 0 radical (unpaired) electrons. The van der Waals surface area contributed by atoms with E-state index >= 15 is 0 Å². The third-order valence-corrected chi connectivity index (χ3v) is 3.77. The molecule has 0 aliphatic rings. The molecule has 0 aromatic heterocycles. The Morgan fingerprint density at radius 1 is 0.842 bits per heavy atom. The smallest absolute Gasteiger partial charge is 0.285 e. The van der Waals surface area contributed by atoms with Gasteiger partial charge in [0.05, 0.1) is 0 Å². The summed E-state index contributed by atoms with van der Waals surface area (Å²) in [5.74, 6) is -0.758. The van der Waals surface area contributed by atoms with Gasteiger partial charge in [-0.3, -0.25) is 0 Å². The normalized spacial score (nSPS) is 13.7. The van der Waals surface area contributed by atoms with Gasteiger partial charge in [-0.2, -0.15) is 0 Å². The quantitative estimate of drug-likeness (QED) is 0.414. The maximum absolute atomic E-state index is 5.69. The van der Waals surface area contributed by atoms with Crippen molar-refractivity contribution in [2.45, 2.75) is 64.3 Å². The fourth-order valence-electron chi connectivity index (χ4n) is 2.62. The maximum Gasteiger partial charge on any atom is 0.285 e. The zero-order valence-corrected chi connectivity index (χ0v) is 13.2. The zero-order chi connectivity index (χ0) is 14.6. The van der Waals surface area contributed by atoms with Crippen LogP contribution in [0, 0.1) is 5.92 Å². The summed E-state index contributed by atoms with van der Waals surface area (Å²) in [6.45, 7) is 2.86. The predicted molar refractivity (Wildman–Crippen MR) is 78.9 cm³/mol. The van der Waals surface area contributed by atoms with Crippen LogP contribution in [0.15, 0.2) is 0 Å². The second kappa shape index (κ2) is 11.6. The maximum atomic E-state index is 5.69. The van der Waals surface area contributed by atoms with Crippen LogP contribution in [-0.4, -0.2) is 33.8 Å². The van der Waals surface area contributed by atoms with Crippen LogP contribution in [0.4, 0.5) is 0 Å². The van der Waals surface area contributed by atoms with Crippen molar-refractivity contribution in [2.24, 2.45) is 11.7 Å². The average molecular weight is 275 g/mol. The van der Waals surface area contributed by atoms with Crippen molar-refractivity contribution >= 4 is 0 Å². The van der Waals surface area contributed by atoms with Crippen LogP contribution < -0.4 is 5.73 Å². The summed E-state index contributed by atoms with van der Waals surface area (Å²) in [4.78, 5) is 0. The van der Waals surface area contributed by atoms with Gasteiger partial charge >= 0.3 is 0 Å². The summed E-state index contributed by atoms with van der Waals surface area (Å²) < 4.78 is 16.3. The molecule has 0 saturated heterocycles. The SMILES string of the molecule is CCCCCCCCC(CCN)C(OC)(OC)OC. The number of nitrogens with two attached hydrogens (primary N) is 1. The van der Waals surface area contributed by atoms with Gasteiger partial charge in [0.2, 0.25) is 0 Å². The minimum Gasteiger partial charge on any atom is -0.331 e. The van der Waals surface area contributed by atoms with Gasteiger partial charge in [-0.25, -0.2) is 0 Å². The van der Waals surface area contributed by atoms with Crippen LogP contribution in [0.25, 0.3) is 0 Å². The Morgan fingerprint density at radius 2 is 1.37 bits per heavy atom. The molecule has 1 unspecified atom stereocenters. The third-order valence-electron chi connectivity index (χ3n) is 3.77. The van der Waals surface area contributed by atoms with E-state index in [-0.39, 0.29) is 5.92 Å². The molecule has 0 aliphatic heterocycles. The largest absolute Gasteiger partial charge is 0.331 e. The van der Waals surface area contributed by atoms with Gasteiger partial charge in [0, 0.05) is 27.2 Å². The van der Waals surface area contributed by atoms with Gasteiger partial charge in [0.1, 0.15) is 0 Å². The first kappa shape index (κ1) is 18.8. The first-order valence-corrected chi connectivity index (χ1v) is 7.56. The molecule has 0 bridgehead atoms. The molecule has 0 aromatic carbocycles. The average Bonchev–Trinajstić information content (AvgIpc) is 2.45. The van der Waals surface area contributed by atoms with Gasteiger partial charge in [0.15, 0.2) is 0 Å². The van der Waals surface area contributed by atoms with E-state index in [0.717, 1.165) is 12.8 Å². The van der Waals surface area contributed by atoms with E-state index in [9.17, 15) is 0 Å². The molecule has 0 rings (SSSR count). The number of methoxy groups -OCH3 is 3. The third kappa shape index (κ3) is 6.70. The highest BCUT2D eigenvalue weighted by molar-refractivity contribution is 4.71. The monoisotopic (exact) mass is 275 g/mol. The van der Waals surface area contributed by atoms with Gasteiger partial charge < -0.3 is 19.9 Å². The Kier molecular flexibility index (Phi) is 11.6. The van der Waals surface area contributed by atoms with Crippen molar-refractivity contribution in [3.05, 3.63) is 0 Å². The molecule has 0 aromatic rings. The lowest BCUT2D eigenvalue weighted by Crippen LogP contribution is -2.44. The van der Waals surface area contributed by atoms with Crippen LogP contribution in [0.2, 0.25) is 0 Å². The van der Waals surface area contributed by atoms with E-state index in [4.69, 9.17) is 19.9 Å². The number of hydrogen-bond acceptors (Lipinski definition) is 4.